The fourth-order valence-electron chi connectivity index (χ4n) is 5.40. The predicted molar refractivity (Wildman–Crippen MR) is 187 cm³/mol. The summed E-state index contributed by atoms with van der Waals surface area (Å²) < 4.78 is 26.2. The summed E-state index contributed by atoms with van der Waals surface area (Å²) in [6.07, 6.45) is 17.5. The largest absolute Gasteiger partial charge is 0.495 e. The summed E-state index contributed by atoms with van der Waals surface area (Å²) >= 11 is -1.83. The van der Waals surface area contributed by atoms with Gasteiger partial charge < -0.3 is 15.4 Å². The van der Waals surface area contributed by atoms with Crippen LogP contribution in [0.2, 0.25) is 0 Å². The number of imide groups is 1. The van der Waals surface area contributed by atoms with Crippen molar-refractivity contribution in [2.45, 2.75) is 143 Å². The molecule has 3 N–H and O–H groups in total. The first kappa shape index (κ1) is 40.2. The van der Waals surface area contributed by atoms with Gasteiger partial charge in [0.05, 0.1) is 25.1 Å². The molecule has 4 amide bonds. The number of hydrogen-bond acceptors (Lipinski definition) is 7. The van der Waals surface area contributed by atoms with Gasteiger partial charge in [0, 0.05) is 5.41 Å². The van der Waals surface area contributed by atoms with E-state index in [-0.39, 0.29) is 11.4 Å². The number of carbonyl (C=O) groups excluding carboxylic acids is 4. The highest BCUT2D eigenvalue weighted by Gasteiger charge is 2.53. The van der Waals surface area contributed by atoms with Crippen molar-refractivity contribution >= 4 is 46.3 Å². The minimum atomic E-state index is -1.83. The summed E-state index contributed by atoms with van der Waals surface area (Å²) in [6.45, 7) is 10.4. The van der Waals surface area contributed by atoms with Crippen molar-refractivity contribution in [3.05, 3.63) is 18.2 Å². The molecule has 1 aromatic rings. The third-order valence-electron chi connectivity index (χ3n) is 8.23. The molecule has 12 heteroatoms. The number of unbranched alkanes of at least 4 members (excludes halogenated alkanes) is 13. The molecule has 0 spiro atoms. The molecule has 0 aromatic heterocycles. The Kier molecular flexibility index (Phi) is 16.9. The number of ether oxygens (including phenoxy) is 1. The van der Waals surface area contributed by atoms with Gasteiger partial charge in [-0.15, -0.1) is 0 Å². The molecule has 1 aromatic carbocycles. The second-order valence-corrected chi connectivity index (χ2v) is 14.8. The maximum Gasteiger partial charge on any atom is 0.326 e. The summed E-state index contributed by atoms with van der Waals surface area (Å²) in [5.41, 5.74) is -1.78. The van der Waals surface area contributed by atoms with Crippen LogP contribution in [0, 0.1) is 5.41 Å². The Morgan fingerprint density at radius 2 is 1.45 bits per heavy atom. The number of methoxy groups -OCH3 is 1. The van der Waals surface area contributed by atoms with Gasteiger partial charge in [-0.1, -0.05) is 111 Å². The van der Waals surface area contributed by atoms with E-state index in [1.165, 1.54) is 97.7 Å². The standard InChI is InChI=1S/C35H58N4O7S/c1-8-9-10-11-12-13-14-15-16-17-18-19-20-21-24-46-47(44)38-26-22-23-28(45-7)27(25-26)36-31(41)29(30(40)34(2,3)4)39-32(42)35(5,6)37-33(39)43/h22-23,25,29,38H,8-21,24H2,1-7H3,(H,36,41)(H,37,43). The smallest absolute Gasteiger partial charge is 0.326 e. The van der Waals surface area contributed by atoms with Crippen LogP contribution >= 0.6 is 0 Å². The van der Waals surface area contributed by atoms with E-state index in [0.29, 0.717) is 17.2 Å². The van der Waals surface area contributed by atoms with Crippen molar-refractivity contribution in [2.75, 3.05) is 23.8 Å². The van der Waals surface area contributed by atoms with Gasteiger partial charge in [0.25, 0.3) is 23.1 Å². The van der Waals surface area contributed by atoms with Gasteiger partial charge in [0.15, 0.2) is 11.8 Å². The van der Waals surface area contributed by atoms with Crippen molar-refractivity contribution in [2.24, 2.45) is 5.41 Å². The second-order valence-electron chi connectivity index (χ2n) is 13.9. The van der Waals surface area contributed by atoms with Crippen LogP contribution in [0.25, 0.3) is 0 Å². The maximum absolute atomic E-state index is 13.6. The van der Waals surface area contributed by atoms with Crippen molar-refractivity contribution in [3.63, 3.8) is 0 Å². The van der Waals surface area contributed by atoms with Gasteiger partial charge in [-0.3, -0.25) is 23.3 Å². The third kappa shape index (κ3) is 13.2. The fraction of sp³-hybridized carbons (Fsp3) is 0.714. The highest BCUT2D eigenvalue weighted by Crippen LogP contribution is 2.31. The Morgan fingerprint density at radius 1 is 0.915 bits per heavy atom. The summed E-state index contributed by atoms with van der Waals surface area (Å²) in [6, 6.07) is 2.11. The molecule has 1 heterocycles. The lowest BCUT2D eigenvalue weighted by atomic mass is 9.85. The van der Waals surface area contributed by atoms with Crippen LogP contribution in [0.3, 0.4) is 0 Å². The summed E-state index contributed by atoms with van der Waals surface area (Å²) in [4.78, 5) is 53.5. The Balaban J connectivity index is 1.85. The maximum atomic E-state index is 13.6. The lowest BCUT2D eigenvalue weighted by Crippen LogP contribution is -2.55. The Bertz CT molecular complexity index is 1210. The molecule has 1 fully saturated rings. The van der Waals surface area contributed by atoms with Crippen LogP contribution < -0.4 is 20.1 Å². The number of rotatable bonds is 23. The zero-order valence-corrected chi connectivity index (χ0v) is 30.4. The van der Waals surface area contributed by atoms with Crippen molar-refractivity contribution in [1.29, 1.82) is 0 Å². The van der Waals surface area contributed by atoms with E-state index in [1.54, 1.807) is 32.9 Å². The van der Waals surface area contributed by atoms with Gasteiger partial charge >= 0.3 is 6.03 Å². The lowest BCUT2D eigenvalue weighted by Gasteiger charge is -2.29. The zero-order chi connectivity index (χ0) is 35.0. The van der Waals surface area contributed by atoms with Gasteiger partial charge in [-0.05, 0) is 38.5 Å². The highest BCUT2D eigenvalue weighted by molar-refractivity contribution is 7.81. The molecule has 1 aliphatic heterocycles. The van der Waals surface area contributed by atoms with Crippen LogP contribution in [-0.2, 0) is 29.8 Å². The van der Waals surface area contributed by atoms with E-state index in [2.05, 4.69) is 22.3 Å². The summed E-state index contributed by atoms with van der Waals surface area (Å²) in [5, 5.41) is 5.16. The van der Waals surface area contributed by atoms with E-state index in [4.69, 9.17) is 8.92 Å². The first-order valence-corrected chi connectivity index (χ1v) is 18.3. The Hall–Kier alpha value is -2.99. The first-order chi connectivity index (χ1) is 22.2. The number of ketones is 1. The fourth-order valence-corrected chi connectivity index (χ4v) is 6.05. The number of carbonyl (C=O) groups is 4. The normalized spacial score (nSPS) is 15.7. The molecule has 0 radical (unpaired) electrons. The molecule has 2 unspecified atom stereocenters. The average molecular weight is 679 g/mol. The molecule has 1 aliphatic rings. The SMILES string of the molecule is CCCCCCCCCCCCCCCCOS(=O)Nc1ccc(OC)c(NC(=O)C(C(=O)C(C)(C)C)N2C(=O)NC(C)(C)C2=O)c1. The molecule has 0 aliphatic carbocycles. The van der Waals surface area contributed by atoms with Crippen LogP contribution in [-0.4, -0.2) is 58.0 Å². The molecule has 0 saturated carbocycles. The van der Waals surface area contributed by atoms with E-state index >= 15 is 0 Å². The summed E-state index contributed by atoms with van der Waals surface area (Å²) in [7, 11) is 1.41. The van der Waals surface area contributed by atoms with E-state index in [1.807, 2.05) is 0 Å². The van der Waals surface area contributed by atoms with Crippen LogP contribution in [0.1, 0.15) is 131 Å². The topological polar surface area (TPSA) is 143 Å². The number of Topliss-reactive ketones (excluding diaryl/α,β-unsaturated/α-hetero) is 1. The molecule has 11 nitrogen and oxygen atoms in total. The number of amides is 4. The monoisotopic (exact) mass is 678 g/mol. The lowest BCUT2D eigenvalue weighted by molar-refractivity contribution is -0.144. The third-order valence-corrected chi connectivity index (χ3v) is 9.02. The van der Waals surface area contributed by atoms with E-state index in [0.717, 1.165) is 19.3 Å². The molecule has 47 heavy (non-hydrogen) atoms. The number of hydrogen-bond donors (Lipinski definition) is 3. The van der Waals surface area contributed by atoms with E-state index in [9.17, 15) is 23.4 Å². The number of nitrogens with one attached hydrogen (secondary N) is 3. The Morgan fingerprint density at radius 3 is 1.91 bits per heavy atom. The molecule has 0 bridgehead atoms. The average Bonchev–Trinajstić information content (AvgIpc) is 3.20. The van der Waals surface area contributed by atoms with Crippen LogP contribution in [0.15, 0.2) is 18.2 Å². The predicted octanol–water partition coefficient (Wildman–Crippen LogP) is 7.44. The molecule has 266 valence electrons. The minimum Gasteiger partial charge on any atom is -0.495 e. The highest BCUT2D eigenvalue weighted by atomic mass is 32.2. The van der Waals surface area contributed by atoms with Gasteiger partial charge in [0.1, 0.15) is 11.3 Å². The number of urea groups is 1. The molecule has 2 rings (SSSR count). The van der Waals surface area contributed by atoms with Crippen LogP contribution in [0.4, 0.5) is 16.2 Å². The first-order valence-electron chi connectivity index (χ1n) is 17.2. The van der Waals surface area contributed by atoms with Crippen molar-refractivity contribution in [3.8, 4) is 5.75 Å². The number of benzene rings is 1. The second kappa shape index (κ2) is 19.7. The molecular formula is C35H58N4O7S. The van der Waals surface area contributed by atoms with Gasteiger partial charge in [-0.25, -0.2) is 13.9 Å². The number of anilines is 2. The van der Waals surface area contributed by atoms with Gasteiger partial charge in [-0.2, -0.15) is 0 Å². The zero-order valence-electron chi connectivity index (χ0n) is 29.6. The number of nitrogens with zero attached hydrogens (tertiary/aromatic N) is 1. The Labute approximate surface area is 284 Å². The van der Waals surface area contributed by atoms with Gasteiger partial charge in [0.2, 0.25) is 0 Å². The molecular weight excluding hydrogens is 620 g/mol. The van der Waals surface area contributed by atoms with Crippen molar-refractivity contribution < 1.29 is 32.3 Å². The quantitative estimate of drug-likeness (QED) is 0.0620. The molecule has 1 saturated heterocycles. The van der Waals surface area contributed by atoms with Crippen molar-refractivity contribution in [1.82, 2.24) is 10.2 Å². The summed E-state index contributed by atoms with van der Waals surface area (Å²) in [5.74, 6) is -1.91. The van der Waals surface area contributed by atoms with E-state index < -0.39 is 51.9 Å². The minimum absolute atomic E-state index is 0.157. The van der Waals surface area contributed by atoms with Crippen LogP contribution in [0.5, 0.6) is 5.75 Å². The molecule has 2 atom stereocenters.